The average molecular weight is 240 g/mol. The number of hydrogen-bond donors (Lipinski definition) is 0. The molecule has 0 amide bonds. The minimum Gasteiger partial charge on any atom is -0.348 e. The number of carbonyl (C=O) groups excluding carboxylic acids is 1. The van der Waals surface area contributed by atoms with Crippen molar-refractivity contribution >= 4 is 22.3 Å². The van der Waals surface area contributed by atoms with Gasteiger partial charge in [-0.15, -0.1) is 0 Å². The van der Waals surface area contributed by atoms with E-state index in [0.29, 0.717) is 6.04 Å². The third kappa shape index (κ3) is 2.61. The first kappa shape index (κ1) is 13.2. The molecule has 0 aliphatic rings. The molecule has 0 N–H and O–H groups in total. The summed E-state index contributed by atoms with van der Waals surface area (Å²) < 4.78 is 0. The Morgan fingerprint density at radius 1 is 1.44 bits per heavy atom. The van der Waals surface area contributed by atoms with Gasteiger partial charge in [0.2, 0.25) is 0 Å². The summed E-state index contributed by atoms with van der Waals surface area (Å²) in [5.41, 5.74) is 0.852. The SMILES string of the molecule is CCC(CC)N(C)c1nc(C)c(C(C)=O)s1. The largest absolute Gasteiger partial charge is 0.348 e. The molecule has 0 aliphatic carbocycles. The van der Waals surface area contributed by atoms with Crippen molar-refractivity contribution in [1.82, 2.24) is 4.98 Å². The molecular weight excluding hydrogens is 220 g/mol. The van der Waals surface area contributed by atoms with Crippen molar-refractivity contribution in [3.05, 3.63) is 10.6 Å². The summed E-state index contributed by atoms with van der Waals surface area (Å²) in [5.74, 6) is 0.110. The van der Waals surface area contributed by atoms with Crippen LogP contribution >= 0.6 is 11.3 Å². The van der Waals surface area contributed by atoms with Gasteiger partial charge in [0.15, 0.2) is 10.9 Å². The molecule has 3 nitrogen and oxygen atoms in total. The zero-order valence-electron chi connectivity index (χ0n) is 10.7. The van der Waals surface area contributed by atoms with Crippen LogP contribution in [-0.4, -0.2) is 23.9 Å². The van der Waals surface area contributed by atoms with Crippen molar-refractivity contribution in [2.75, 3.05) is 11.9 Å². The molecule has 4 heteroatoms. The number of hydrogen-bond acceptors (Lipinski definition) is 4. The van der Waals surface area contributed by atoms with Crippen LogP contribution in [0, 0.1) is 6.92 Å². The second-order valence-electron chi connectivity index (χ2n) is 4.05. The second kappa shape index (κ2) is 5.43. The Hall–Kier alpha value is -0.900. The van der Waals surface area contributed by atoms with Crippen LogP contribution in [0.15, 0.2) is 0 Å². The van der Waals surface area contributed by atoms with Crippen molar-refractivity contribution in [2.45, 2.75) is 46.6 Å². The first-order chi connectivity index (χ1) is 7.51. The Morgan fingerprint density at radius 3 is 2.38 bits per heavy atom. The zero-order chi connectivity index (χ0) is 12.3. The van der Waals surface area contributed by atoms with Gasteiger partial charge in [0.25, 0.3) is 0 Å². The van der Waals surface area contributed by atoms with E-state index < -0.39 is 0 Å². The number of aromatic nitrogens is 1. The third-order valence-electron chi connectivity index (χ3n) is 2.90. The molecule has 1 aromatic rings. The van der Waals surface area contributed by atoms with E-state index in [2.05, 4.69) is 30.8 Å². The van der Waals surface area contributed by atoms with Crippen LogP contribution in [0.2, 0.25) is 0 Å². The molecule has 16 heavy (non-hydrogen) atoms. The van der Waals surface area contributed by atoms with Crippen LogP contribution < -0.4 is 4.90 Å². The van der Waals surface area contributed by atoms with Crippen molar-refractivity contribution < 1.29 is 4.79 Å². The highest BCUT2D eigenvalue weighted by molar-refractivity contribution is 7.17. The van der Waals surface area contributed by atoms with Crippen LogP contribution in [0.3, 0.4) is 0 Å². The van der Waals surface area contributed by atoms with Crippen molar-refractivity contribution in [3.63, 3.8) is 0 Å². The van der Waals surface area contributed by atoms with Gasteiger partial charge < -0.3 is 4.90 Å². The number of carbonyl (C=O) groups is 1. The number of ketones is 1. The third-order valence-corrected chi connectivity index (χ3v) is 4.25. The smallest absolute Gasteiger partial charge is 0.186 e. The summed E-state index contributed by atoms with van der Waals surface area (Å²) in [4.78, 5) is 18.8. The fourth-order valence-corrected chi connectivity index (χ4v) is 2.85. The number of nitrogens with zero attached hydrogens (tertiary/aromatic N) is 2. The standard InChI is InChI=1S/C12H20N2OS/c1-6-10(7-2)14(5)12-13-8(3)11(16-12)9(4)15/h10H,6-7H2,1-5H3. The Bertz CT molecular complexity index is 369. The highest BCUT2D eigenvalue weighted by atomic mass is 32.1. The predicted octanol–water partition coefficient (Wildman–Crippen LogP) is 3.28. The summed E-state index contributed by atoms with van der Waals surface area (Å²) in [6.45, 7) is 7.85. The molecular formula is C12H20N2OS. The van der Waals surface area contributed by atoms with Crippen molar-refractivity contribution in [3.8, 4) is 0 Å². The van der Waals surface area contributed by atoms with E-state index in [-0.39, 0.29) is 5.78 Å². The van der Waals surface area contributed by atoms with Crippen LogP contribution in [0.25, 0.3) is 0 Å². The minimum absolute atomic E-state index is 0.110. The molecule has 1 heterocycles. The Kier molecular flexibility index (Phi) is 4.47. The van der Waals surface area contributed by atoms with Gasteiger partial charge >= 0.3 is 0 Å². The maximum Gasteiger partial charge on any atom is 0.186 e. The average Bonchev–Trinajstić information content (AvgIpc) is 2.62. The van der Waals surface area contributed by atoms with Gasteiger partial charge in [0, 0.05) is 20.0 Å². The van der Waals surface area contributed by atoms with E-state index in [1.54, 1.807) is 6.92 Å². The molecule has 0 unspecified atom stereocenters. The molecule has 0 radical (unpaired) electrons. The predicted molar refractivity (Wildman–Crippen MR) is 69.6 cm³/mol. The lowest BCUT2D eigenvalue weighted by Crippen LogP contribution is -2.30. The van der Waals surface area contributed by atoms with Crippen LogP contribution in [0.5, 0.6) is 0 Å². The normalized spacial score (nSPS) is 10.9. The first-order valence-corrected chi connectivity index (χ1v) is 6.54. The van der Waals surface area contributed by atoms with E-state index in [1.165, 1.54) is 11.3 Å². The van der Waals surface area contributed by atoms with Crippen molar-refractivity contribution in [1.29, 1.82) is 0 Å². The molecule has 0 bridgehead atoms. The van der Waals surface area contributed by atoms with E-state index >= 15 is 0 Å². The lowest BCUT2D eigenvalue weighted by molar-refractivity contribution is 0.102. The maximum atomic E-state index is 11.4. The molecule has 0 fully saturated rings. The summed E-state index contributed by atoms with van der Waals surface area (Å²) in [7, 11) is 2.06. The minimum atomic E-state index is 0.110. The van der Waals surface area contributed by atoms with Crippen LogP contribution in [0.1, 0.15) is 49.0 Å². The quantitative estimate of drug-likeness (QED) is 0.741. The van der Waals surface area contributed by atoms with E-state index in [1.807, 2.05) is 6.92 Å². The Balaban J connectivity index is 2.96. The van der Waals surface area contributed by atoms with Gasteiger partial charge in [0.1, 0.15) is 0 Å². The molecule has 0 aromatic carbocycles. The Morgan fingerprint density at radius 2 is 2.00 bits per heavy atom. The van der Waals surface area contributed by atoms with E-state index in [9.17, 15) is 4.79 Å². The molecule has 90 valence electrons. The zero-order valence-corrected chi connectivity index (χ0v) is 11.5. The molecule has 1 aromatic heterocycles. The van der Waals surface area contributed by atoms with Gasteiger partial charge in [-0.3, -0.25) is 4.79 Å². The number of anilines is 1. The van der Waals surface area contributed by atoms with E-state index in [4.69, 9.17) is 0 Å². The second-order valence-corrected chi connectivity index (χ2v) is 5.03. The van der Waals surface area contributed by atoms with Gasteiger partial charge in [-0.2, -0.15) is 0 Å². The summed E-state index contributed by atoms with van der Waals surface area (Å²) in [6, 6.07) is 0.505. The molecule has 0 aliphatic heterocycles. The molecule has 0 saturated carbocycles. The fourth-order valence-electron chi connectivity index (χ4n) is 1.85. The molecule has 0 spiro atoms. The van der Waals surface area contributed by atoms with Gasteiger partial charge in [-0.1, -0.05) is 25.2 Å². The highest BCUT2D eigenvalue weighted by Gasteiger charge is 2.18. The van der Waals surface area contributed by atoms with Crippen LogP contribution in [0.4, 0.5) is 5.13 Å². The maximum absolute atomic E-state index is 11.4. The Labute approximate surface area is 101 Å². The number of rotatable bonds is 5. The lowest BCUT2D eigenvalue weighted by atomic mass is 10.1. The number of aryl methyl sites for hydroxylation is 1. The lowest BCUT2D eigenvalue weighted by Gasteiger charge is -2.25. The number of Topliss-reactive ketones (excluding diaryl/α,β-unsaturated/α-hetero) is 1. The monoisotopic (exact) mass is 240 g/mol. The van der Waals surface area contributed by atoms with Gasteiger partial charge in [-0.05, 0) is 19.8 Å². The molecule has 0 saturated heterocycles. The summed E-state index contributed by atoms with van der Waals surface area (Å²) >= 11 is 1.50. The highest BCUT2D eigenvalue weighted by Crippen LogP contribution is 2.27. The first-order valence-electron chi connectivity index (χ1n) is 5.72. The fraction of sp³-hybridized carbons (Fsp3) is 0.667. The summed E-state index contributed by atoms with van der Waals surface area (Å²) in [6.07, 6.45) is 2.20. The van der Waals surface area contributed by atoms with Crippen molar-refractivity contribution in [2.24, 2.45) is 0 Å². The van der Waals surface area contributed by atoms with E-state index in [0.717, 1.165) is 28.5 Å². The van der Waals surface area contributed by atoms with Gasteiger partial charge in [0.05, 0.1) is 10.6 Å². The number of thiazole rings is 1. The molecule has 0 atom stereocenters. The molecule has 1 rings (SSSR count). The topological polar surface area (TPSA) is 33.2 Å². The van der Waals surface area contributed by atoms with Gasteiger partial charge in [-0.25, -0.2) is 4.98 Å². The summed E-state index contributed by atoms with van der Waals surface area (Å²) in [5, 5.41) is 0.955. The van der Waals surface area contributed by atoms with Crippen LogP contribution in [-0.2, 0) is 0 Å².